The van der Waals surface area contributed by atoms with Gasteiger partial charge in [-0.1, -0.05) is 6.42 Å². The molecule has 1 unspecified atom stereocenters. The van der Waals surface area contributed by atoms with Crippen molar-refractivity contribution in [2.24, 2.45) is 11.8 Å². The van der Waals surface area contributed by atoms with Gasteiger partial charge < -0.3 is 5.32 Å². The van der Waals surface area contributed by atoms with Crippen molar-refractivity contribution in [2.45, 2.75) is 57.4 Å². The summed E-state index contributed by atoms with van der Waals surface area (Å²) in [4.78, 5) is 0. The molecular weight excluding hydrogens is 272 g/mol. The van der Waals surface area contributed by atoms with E-state index in [1.165, 1.54) is 38.5 Å². The van der Waals surface area contributed by atoms with Crippen molar-refractivity contribution in [2.75, 3.05) is 25.4 Å². The van der Waals surface area contributed by atoms with Crippen molar-refractivity contribution >= 4 is 10.0 Å². The van der Waals surface area contributed by atoms with Crippen LogP contribution in [0.5, 0.6) is 0 Å². The normalized spacial score (nSPS) is 27.9. The third-order valence-electron chi connectivity index (χ3n) is 4.85. The van der Waals surface area contributed by atoms with Crippen LogP contribution in [0, 0.1) is 11.8 Å². The fourth-order valence-corrected chi connectivity index (χ4v) is 4.79. The molecule has 0 aromatic carbocycles. The van der Waals surface area contributed by atoms with E-state index in [4.69, 9.17) is 0 Å². The van der Waals surface area contributed by atoms with E-state index in [0.29, 0.717) is 23.6 Å². The predicted molar refractivity (Wildman–Crippen MR) is 81.1 cm³/mol. The third-order valence-corrected chi connectivity index (χ3v) is 6.68. The lowest BCUT2D eigenvalue weighted by atomic mass is 10.0. The van der Waals surface area contributed by atoms with Crippen molar-refractivity contribution in [1.82, 2.24) is 9.62 Å². The first-order valence-electron chi connectivity index (χ1n) is 8.35. The quantitative estimate of drug-likeness (QED) is 0.745. The van der Waals surface area contributed by atoms with Crippen LogP contribution in [0.4, 0.5) is 0 Å². The van der Waals surface area contributed by atoms with Crippen molar-refractivity contribution in [1.29, 1.82) is 0 Å². The largest absolute Gasteiger partial charge is 0.314 e. The van der Waals surface area contributed by atoms with Gasteiger partial charge in [-0.25, -0.2) is 12.7 Å². The van der Waals surface area contributed by atoms with Crippen LogP contribution in [-0.4, -0.2) is 44.2 Å². The lowest BCUT2D eigenvalue weighted by Gasteiger charge is -2.26. The molecule has 2 saturated carbocycles. The molecule has 5 heteroatoms. The molecule has 1 atom stereocenters. The maximum absolute atomic E-state index is 12.6. The van der Waals surface area contributed by atoms with Crippen molar-refractivity contribution in [3.63, 3.8) is 0 Å². The van der Waals surface area contributed by atoms with E-state index < -0.39 is 10.0 Å². The highest BCUT2D eigenvalue weighted by Gasteiger charge is 2.35. The zero-order valence-electron chi connectivity index (χ0n) is 12.4. The number of nitrogens with one attached hydrogen (secondary N) is 1. The molecule has 2 aliphatic carbocycles. The average Bonchev–Trinajstić information content (AvgIpc) is 3.32. The summed E-state index contributed by atoms with van der Waals surface area (Å²) >= 11 is 0. The van der Waals surface area contributed by atoms with E-state index in [-0.39, 0.29) is 0 Å². The second kappa shape index (κ2) is 6.32. The zero-order chi connectivity index (χ0) is 14.0. The molecule has 0 bridgehead atoms. The maximum Gasteiger partial charge on any atom is 0.214 e. The van der Waals surface area contributed by atoms with E-state index in [9.17, 15) is 8.42 Å². The molecule has 0 spiro atoms. The van der Waals surface area contributed by atoms with Crippen LogP contribution in [0.1, 0.15) is 51.4 Å². The van der Waals surface area contributed by atoms with Crippen LogP contribution in [0.15, 0.2) is 0 Å². The minimum atomic E-state index is -3.04. The fraction of sp³-hybridized carbons (Fsp3) is 1.00. The summed E-state index contributed by atoms with van der Waals surface area (Å²) < 4.78 is 27.0. The highest BCUT2D eigenvalue weighted by atomic mass is 32.2. The molecule has 0 amide bonds. The molecular formula is C15H28N2O2S. The number of piperidine rings is 1. The second-order valence-electron chi connectivity index (χ2n) is 6.96. The monoisotopic (exact) mass is 300 g/mol. The second-order valence-corrected chi connectivity index (χ2v) is 9.04. The summed E-state index contributed by atoms with van der Waals surface area (Å²) in [7, 11) is -3.04. The Balaban J connectivity index is 1.52. The van der Waals surface area contributed by atoms with Crippen molar-refractivity contribution in [3.05, 3.63) is 0 Å². The average molecular weight is 300 g/mol. The summed E-state index contributed by atoms with van der Waals surface area (Å²) in [6.07, 6.45) is 9.29. The van der Waals surface area contributed by atoms with Crippen LogP contribution in [-0.2, 0) is 10.0 Å². The predicted octanol–water partition coefficient (Wildman–Crippen LogP) is 1.97. The van der Waals surface area contributed by atoms with Gasteiger partial charge in [-0.3, -0.25) is 0 Å². The van der Waals surface area contributed by atoms with Crippen molar-refractivity contribution < 1.29 is 8.42 Å². The Kier molecular flexibility index (Phi) is 4.68. The van der Waals surface area contributed by atoms with E-state index in [1.807, 2.05) is 4.31 Å². The lowest BCUT2D eigenvalue weighted by Crippen LogP contribution is -2.40. The number of rotatable bonds is 8. The molecule has 20 heavy (non-hydrogen) atoms. The third kappa shape index (κ3) is 4.43. The molecule has 0 radical (unpaired) electrons. The van der Waals surface area contributed by atoms with Gasteiger partial charge in [0.1, 0.15) is 0 Å². The Morgan fingerprint density at radius 1 is 0.950 bits per heavy atom. The first-order chi connectivity index (χ1) is 9.63. The first-order valence-corrected chi connectivity index (χ1v) is 9.95. The minimum Gasteiger partial charge on any atom is -0.314 e. The Morgan fingerprint density at radius 2 is 1.60 bits per heavy atom. The highest BCUT2D eigenvalue weighted by Crippen LogP contribution is 2.35. The van der Waals surface area contributed by atoms with E-state index >= 15 is 0 Å². The number of hydrogen-bond donors (Lipinski definition) is 1. The van der Waals surface area contributed by atoms with Gasteiger partial charge in [0.2, 0.25) is 10.0 Å². The van der Waals surface area contributed by atoms with Gasteiger partial charge in [-0.2, -0.15) is 0 Å². The molecule has 1 N–H and O–H groups in total. The number of nitrogens with zero attached hydrogens (tertiary/aromatic N) is 1. The molecule has 3 rings (SSSR count). The van der Waals surface area contributed by atoms with Gasteiger partial charge in [-0.05, 0) is 63.3 Å². The van der Waals surface area contributed by atoms with Gasteiger partial charge in [0.25, 0.3) is 0 Å². The molecule has 1 heterocycles. The van der Waals surface area contributed by atoms with Gasteiger partial charge >= 0.3 is 0 Å². The fourth-order valence-electron chi connectivity index (χ4n) is 3.07. The van der Waals surface area contributed by atoms with Crippen LogP contribution >= 0.6 is 0 Å². The molecule has 3 fully saturated rings. The maximum atomic E-state index is 12.6. The molecule has 4 nitrogen and oxygen atoms in total. The van der Waals surface area contributed by atoms with E-state index in [0.717, 1.165) is 32.5 Å². The van der Waals surface area contributed by atoms with Crippen LogP contribution in [0.2, 0.25) is 0 Å². The minimum absolute atomic E-state index is 0.337. The molecule has 1 aliphatic heterocycles. The van der Waals surface area contributed by atoms with E-state index in [1.54, 1.807) is 0 Å². The summed E-state index contributed by atoms with van der Waals surface area (Å²) in [6, 6.07) is 0.419. The lowest BCUT2D eigenvalue weighted by molar-refractivity contribution is 0.369. The zero-order valence-corrected chi connectivity index (χ0v) is 13.2. The first kappa shape index (κ1) is 14.8. The standard InChI is InChI=1S/C15H28N2O2S/c18-20(19,10-8-15-3-1-2-9-16-15)17(11-13-4-5-13)12-14-6-7-14/h13-16H,1-12H2. The summed E-state index contributed by atoms with van der Waals surface area (Å²) in [5.41, 5.74) is 0. The summed E-state index contributed by atoms with van der Waals surface area (Å²) in [6.45, 7) is 2.63. The molecule has 0 aromatic rings. The Morgan fingerprint density at radius 3 is 2.10 bits per heavy atom. The molecule has 116 valence electrons. The van der Waals surface area contributed by atoms with Gasteiger partial charge in [0.15, 0.2) is 0 Å². The van der Waals surface area contributed by atoms with Crippen LogP contribution in [0.25, 0.3) is 0 Å². The Labute approximate surface area is 123 Å². The smallest absolute Gasteiger partial charge is 0.214 e. The Bertz CT molecular complexity index is 396. The summed E-state index contributed by atoms with van der Waals surface area (Å²) in [5, 5.41) is 3.45. The topological polar surface area (TPSA) is 49.4 Å². The van der Waals surface area contributed by atoms with Crippen LogP contribution in [0.3, 0.4) is 0 Å². The Hall–Kier alpha value is -0.130. The van der Waals surface area contributed by atoms with Crippen molar-refractivity contribution in [3.8, 4) is 0 Å². The van der Waals surface area contributed by atoms with Gasteiger partial charge in [0.05, 0.1) is 5.75 Å². The SMILES string of the molecule is O=S(=O)(CCC1CCCCN1)N(CC1CC1)CC1CC1. The number of hydrogen-bond acceptors (Lipinski definition) is 3. The molecule has 0 aromatic heterocycles. The molecule has 1 saturated heterocycles. The summed E-state index contributed by atoms with van der Waals surface area (Å²) in [5.74, 6) is 1.64. The van der Waals surface area contributed by atoms with Gasteiger partial charge in [0, 0.05) is 19.1 Å². The highest BCUT2D eigenvalue weighted by molar-refractivity contribution is 7.89. The van der Waals surface area contributed by atoms with Gasteiger partial charge in [-0.15, -0.1) is 0 Å². The van der Waals surface area contributed by atoms with E-state index in [2.05, 4.69) is 5.32 Å². The number of sulfonamides is 1. The molecule has 3 aliphatic rings. The van der Waals surface area contributed by atoms with Crippen LogP contribution < -0.4 is 5.32 Å².